The van der Waals surface area contributed by atoms with Gasteiger partial charge in [0.1, 0.15) is 5.75 Å². The van der Waals surface area contributed by atoms with Gasteiger partial charge in [0, 0.05) is 44.3 Å². The highest BCUT2D eigenvalue weighted by molar-refractivity contribution is 5.33. The first-order chi connectivity index (χ1) is 12.0. The highest BCUT2D eigenvalue weighted by Gasteiger charge is 2.33. The highest BCUT2D eigenvalue weighted by Crippen LogP contribution is 2.26. The fraction of sp³-hybridized carbons (Fsp3) is 0.667. The Balaban J connectivity index is 1.57. The van der Waals surface area contributed by atoms with Crippen LogP contribution >= 0.6 is 0 Å². The van der Waals surface area contributed by atoms with E-state index in [1.807, 2.05) is 0 Å². The molecule has 25 heavy (non-hydrogen) atoms. The fourth-order valence-corrected chi connectivity index (χ4v) is 3.86. The summed E-state index contributed by atoms with van der Waals surface area (Å²) in [4.78, 5) is 4.34. The van der Waals surface area contributed by atoms with Gasteiger partial charge in [0.2, 0.25) is 0 Å². The van der Waals surface area contributed by atoms with E-state index >= 15 is 0 Å². The molecule has 0 aromatic heterocycles. The van der Waals surface area contributed by atoms with Crippen LogP contribution in [-0.2, 0) is 6.54 Å². The third kappa shape index (κ3) is 4.88. The Hall–Kier alpha value is -1.28. The van der Waals surface area contributed by atoms with E-state index in [4.69, 9.17) is 0 Å². The second-order valence-corrected chi connectivity index (χ2v) is 6.91. The van der Waals surface area contributed by atoms with E-state index < -0.39 is 12.7 Å². The lowest BCUT2D eigenvalue weighted by molar-refractivity contribution is -0.0521. The highest BCUT2D eigenvalue weighted by atomic mass is 19.3. The molecule has 2 aliphatic rings. The van der Waals surface area contributed by atoms with Gasteiger partial charge < -0.3 is 14.9 Å². The first kappa shape index (κ1) is 18.5. The average molecular weight is 356 g/mol. The van der Waals surface area contributed by atoms with Crippen LogP contribution in [-0.4, -0.2) is 71.1 Å². The van der Waals surface area contributed by atoms with E-state index in [-0.39, 0.29) is 17.9 Å². The van der Waals surface area contributed by atoms with E-state index in [1.54, 1.807) is 24.3 Å². The van der Waals surface area contributed by atoms with Crippen molar-refractivity contribution in [3.63, 3.8) is 0 Å². The van der Waals surface area contributed by atoms with Crippen molar-refractivity contribution in [2.24, 2.45) is 0 Å². The molecule has 2 N–H and O–H groups in total. The van der Waals surface area contributed by atoms with Gasteiger partial charge in [-0.2, -0.15) is 8.78 Å². The zero-order chi connectivity index (χ0) is 17.8. The van der Waals surface area contributed by atoms with E-state index in [0.717, 1.165) is 38.9 Å². The molecule has 0 amide bonds. The molecule has 140 valence electrons. The molecule has 1 aromatic carbocycles. The smallest absolute Gasteiger partial charge is 0.387 e. The van der Waals surface area contributed by atoms with Crippen LogP contribution in [0.1, 0.15) is 24.8 Å². The lowest BCUT2D eigenvalue weighted by atomic mass is 9.96. The molecule has 0 radical (unpaired) electrons. The summed E-state index contributed by atoms with van der Waals surface area (Å²) in [6.07, 6.45) is 1.64. The van der Waals surface area contributed by atoms with Gasteiger partial charge in [0.15, 0.2) is 0 Å². The molecule has 5 nitrogen and oxygen atoms in total. The van der Waals surface area contributed by atoms with Gasteiger partial charge in [-0.25, -0.2) is 0 Å². The summed E-state index contributed by atoms with van der Waals surface area (Å²) < 4.78 is 29.6. The maximum absolute atomic E-state index is 12.5. The first-order valence-corrected chi connectivity index (χ1v) is 8.88. The van der Waals surface area contributed by atoms with Crippen molar-refractivity contribution in [1.29, 1.82) is 0 Å². The van der Waals surface area contributed by atoms with Gasteiger partial charge in [0.05, 0.1) is 12.2 Å². The lowest BCUT2D eigenvalue weighted by Gasteiger charge is -2.43. The summed E-state index contributed by atoms with van der Waals surface area (Å²) in [5.41, 5.74) is 0.703. The number of aliphatic hydroxyl groups is 2. The van der Waals surface area contributed by atoms with Crippen LogP contribution in [0.3, 0.4) is 0 Å². The molecule has 0 saturated carbocycles. The van der Waals surface area contributed by atoms with Gasteiger partial charge in [-0.15, -0.1) is 0 Å². The minimum Gasteiger partial charge on any atom is -0.434 e. The van der Waals surface area contributed by atoms with E-state index in [9.17, 15) is 19.0 Å². The second-order valence-electron chi connectivity index (χ2n) is 6.91. The van der Waals surface area contributed by atoms with Crippen LogP contribution in [0, 0.1) is 0 Å². The molecule has 0 aliphatic carbocycles. The molecular formula is C18H26F2N2O3. The number of hydrogen-bond donors (Lipinski definition) is 2. The number of ether oxygens (including phenoxy) is 1. The van der Waals surface area contributed by atoms with Gasteiger partial charge in [0.25, 0.3) is 0 Å². The number of β-amino-alcohol motifs (C(OH)–C–C–N with tert-alkyl or cyclic N) is 1. The van der Waals surface area contributed by atoms with Crippen molar-refractivity contribution in [1.82, 2.24) is 9.80 Å². The third-order valence-corrected chi connectivity index (χ3v) is 5.18. The summed E-state index contributed by atoms with van der Waals surface area (Å²) >= 11 is 0. The minimum atomic E-state index is -2.84. The summed E-state index contributed by atoms with van der Waals surface area (Å²) in [5, 5.41) is 20.2. The van der Waals surface area contributed by atoms with Gasteiger partial charge in [-0.05, 0) is 25.3 Å². The minimum absolute atomic E-state index is 0.108. The number of hydrogen-bond acceptors (Lipinski definition) is 5. The molecular weight excluding hydrogens is 330 g/mol. The Labute approximate surface area is 146 Å². The Kier molecular flexibility index (Phi) is 6.22. The second kappa shape index (κ2) is 8.40. The van der Waals surface area contributed by atoms with Crippen molar-refractivity contribution in [3.8, 4) is 5.75 Å². The van der Waals surface area contributed by atoms with E-state index in [0.29, 0.717) is 18.7 Å². The van der Waals surface area contributed by atoms with E-state index in [2.05, 4.69) is 14.5 Å². The number of piperidine rings is 2. The largest absolute Gasteiger partial charge is 0.434 e. The molecule has 3 rings (SSSR count). The maximum atomic E-state index is 12.5. The van der Waals surface area contributed by atoms with Crippen molar-refractivity contribution >= 4 is 0 Å². The summed E-state index contributed by atoms with van der Waals surface area (Å²) in [6.45, 7) is 0.566. The van der Waals surface area contributed by atoms with Crippen LogP contribution in [0.4, 0.5) is 8.78 Å². The number of nitrogens with zero attached hydrogens (tertiary/aromatic N) is 2. The summed E-state index contributed by atoms with van der Waals surface area (Å²) in [5.74, 6) is 0.194. The Morgan fingerprint density at radius 3 is 2.48 bits per heavy atom. The summed E-state index contributed by atoms with van der Waals surface area (Å²) in [7, 11) is 0. The molecule has 0 bridgehead atoms. The normalized spacial score (nSPS) is 26.9. The summed E-state index contributed by atoms with van der Waals surface area (Å²) in [6, 6.07) is 6.91. The molecule has 1 aromatic rings. The maximum Gasteiger partial charge on any atom is 0.387 e. The predicted molar refractivity (Wildman–Crippen MR) is 89.6 cm³/mol. The zero-order valence-corrected chi connectivity index (χ0v) is 14.2. The van der Waals surface area contributed by atoms with Crippen molar-refractivity contribution in [3.05, 3.63) is 29.8 Å². The molecule has 2 atom stereocenters. The van der Waals surface area contributed by atoms with Crippen LogP contribution in [0.5, 0.6) is 5.75 Å². The van der Waals surface area contributed by atoms with Gasteiger partial charge in [-0.1, -0.05) is 18.2 Å². The predicted octanol–water partition coefficient (Wildman–Crippen LogP) is 1.68. The van der Waals surface area contributed by atoms with Crippen LogP contribution in [0.15, 0.2) is 24.3 Å². The van der Waals surface area contributed by atoms with Crippen molar-refractivity contribution in [2.45, 2.75) is 50.7 Å². The van der Waals surface area contributed by atoms with Crippen molar-refractivity contribution in [2.75, 3.05) is 26.2 Å². The molecule has 0 spiro atoms. The standard InChI is InChI=1S/C18H26F2N2O3/c19-18(20)25-17-4-2-1-3-13(17)11-21-8-7-15(16(24)12-21)22-9-5-14(23)6-10-22/h1-4,14-16,18,23-24H,5-12H2/t15-,16-/m0/s1. The number of halogens is 2. The zero-order valence-electron chi connectivity index (χ0n) is 14.2. The lowest BCUT2D eigenvalue weighted by Crippen LogP contribution is -2.55. The fourth-order valence-electron chi connectivity index (χ4n) is 3.86. The number of likely N-dealkylation sites (tertiary alicyclic amines) is 2. The molecule has 0 unspecified atom stereocenters. The monoisotopic (exact) mass is 356 g/mol. The number of benzene rings is 1. The Bertz CT molecular complexity index is 553. The SMILES string of the molecule is OC1CCN([C@H]2CCN(Cc3ccccc3OC(F)F)C[C@@H]2O)CC1. The first-order valence-electron chi connectivity index (χ1n) is 8.88. The average Bonchev–Trinajstić information content (AvgIpc) is 2.57. The molecule has 2 aliphatic heterocycles. The molecule has 2 saturated heterocycles. The van der Waals surface area contributed by atoms with Crippen LogP contribution in [0.25, 0.3) is 0 Å². The third-order valence-electron chi connectivity index (χ3n) is 5.18. The topological polar surface area (TPSA) is 56.2 Å². The van der Waals surface area contributed by atoms with Gasteiger partial charge in [-0.3, -0.25) is 9.80 Å². The quantitative estimate of drug-likeness (QED) is 0.841. The van der Waals surface area contributed by atoms with Crippen LogP contribution < -0.4 is 4.74 Å². The number of aliphatic hydroxyl groups excluding tert-OH is 2. The van der Waals surface area contributed by atoms with Gasteiger partial charge >= 0.3 is 6.61 Å². The Morgan fingerprint density at radius 1 is 1.08 bits per heavy atom. The number of rotatable bonds is 5. The van der Waals surface area contributed by atoms with Crippen molar-refractivity contribution < 1.29 is 23.7 Å². The van der Waals surface area contributed by atoms with E-state index in [1.165, 1.54) is 0 Å². The Morgan fingerprint density at radius 2 is 1.80 bits per heavy atom. The molecule has 2 fully saturated rings. The van der Waals surface area contributed by atoms with Crippen LogP contribution in [0.2, 0.25) is 0 Å². The molecule has 2 heterocycles. The molecule has 7 heteroatoms. The number of para-hydroxylation sites is 1. The number of alkyl halides is 2.